The minimum absolute atomic E-state index is 0.362. The highest BCUT2D eigenvalue weighted by atomic mass is 31.2. The van der Waals surface area contributed by atoms with Gasteiger partial charge in [-0.05, 0) is 41.5 Å². The van der Waals surface area contributed by atoms with E-state index in [-0.39, 0.29) is 5.91 Å². The zero-order chi connectivity index (χ0) is 25.9. The van der Waals surface area contributed by atoms with Crippen molar-refractivity contribution in [3.8, 4) is 33.9 Å². The number of pyridine rings is 2. The molecule has 12 heteroatoms. The van der Waals surface area contributed by atoms with E-state index < -0.39 is 14.6 Å². The summed E-state index contributed by atoms with van der Waals surface area (Å²) in [4.78, 5) is 38.9. The zero-order valence-electron chi connectivity index (χ0n) is 19.4. The monoisotopic (exact) mass is 510 g/mol. The van der Waals surface area contributed by atoms with Crippen LogP contribution in [0.25, 0.3) is 33.3 Å². The van der Waals surface area contributed by atoms with Gasteiger partial charge in [-0.1, -0.05) is 6.58 Å². The van der Waals surface area contributed by atoms with Gasteiger partial charge in [0.15, 0.2) is 0 Å². The zero-order valence-corrected chi connectivity index (χ0v) is 20.3. The lowest BCUT2D eigenvalue weighted by atomic mass is 10.0. The van der Waals surface area contributed by atoms with Crippen LogP contribution in [-0.2, 0) is 20.6 Å². The van der Waals surface area contributed by atoms with Crippen LogP contribution in [0.5, 0.6) is 11.6 Å². The van der Waals surface area contributed by atoms with Gasteiger partial charge in [-0.2, -0.15) is 0 Å². The summed E-state index contributed by atoms with van der Waals surface area (Å²) in [7, 11) is -1.67. The van der Waals surface area contributed by atoms with E-state index in [1.807, 2.05) is 6.07 Å². The summed E-state index contributed by atoms with van der Waals surface area (Å²) < 4.78 is 28.1. The van der Waals surface area contributed by atoms with Crippen molar-refractivity contribution in [2.75, 3.05) is 19.5 Å². The number of hydrogen-bond donors (Lipinski definition) is 3. The molecule has 1 aromatic carbocycles. The molecule has 0 radical (unpaired) electrons. The van der Waals surface area contributed by atoms with Crippen LogP contribution in [0, 0.1) is 0 Å². The Labute approximate surface area is 206 Å². The molecule has 0 atom stereocenters. The maximum Gasteiger partial charge on any atom is 0.471 e. The lowest BCUT2D eigenvalue weighted by Crippen LogP contribution is -2.07. The number of phosphoric ester groups is 1. The van der Waals surface area contributed by atoms with Crippen molar-refractivity contribution in [2.24, 2.45) is 0 Å². The summed E-state index contributed by atoms with van der Waals surface area (Å²) in [5.74, 6) is 0.567. The summed E-state index contributed by atoms with van der Waals surface area (Å²) >= 11 is 0. The molecular weight excluding hydrogens is 487 g/mol. The highest BCUT2D eigenvalue weighted by molar-refractivity contribution is 7.46. The van der Waals surface area contributed by atoms with Crippen LogP contribution in [0.4, 0.5) is 5.69 Å². The van der Waals surface area contributed by atoms with Crippen LogP contribution < -0.4 is 14.8 Å². The van der Waals surface area contributed by atoms with Crippen LogP contribution in [0.1, 0.15) is 0 Å². The Morgan fingerprint density at radius 2 is 1.92 bits per heavy atom. The van der Waals surface area contributed by atoms with E-state index in [9.17, 15) is 19.1 Å². The second kappa shape index (κ2) is 10.3. The fraction of sp³-hybridized carbons (Fsp3) is 0.125. The first-order valence-corrected chi connectivity index (χ1v) is 12.1. The fourth-order valence-corrected chi connectivity index (χ4v) is 3.91. The van der Waals surface area contributed by atoms with Gasteiger partial charge in [0.2, 0.25) is 11.8 Å². The van der Waals surface area contributed by atoms with Gasteiger partial charge in [0.05, 0.1) is 14.2 Å². The Morgan fingerprint density at radius 3 is 2.61 bits per heavy atom. The fourth-order valence-electron chi connectivity index (χ4n) is 3.63. The number of ether oxygens (including phenoxy) is 2. The number of carbonyl (C=O) groups excluding carboxylic acids is 1. The van der Waals surface area contributed by atoms with E-state index in [4.69, 9.17) is 14.0 Å². The van der Waals surface area contributed by atoms with Gasteiger partial charge in [-0.25, -0.2) is 14.5 Å². The summed E-state index contributed by atoms with van der Waals surface area (Å²) in [6.45, 7) is 3.06. The van der Waals surface area contributed by atoms with Crippen molar-refractivity contribution in [1.29, 1.82) is 0 Å². The molecule has 0 fully saturated rings. The highest BCUT2D eigenvalue weighted by Crippen LogP contribution is 2.39. The predicted molar refractivity (Wildman–Crippen MR) is 133 cm³/mol. The molecule has 0 unspecified atom stereocenters. The standard InChI is InChI=1S/C24H23N4O7P/c1-4-22(29)27-18-7-16(8-19(11-18)33-2)17-9-20-21(15-5-6-25-23(10-15)34-3)13-28(24(20)26-12-17)14-35-36(30,31)32/h4-13H,1,14H2,2-3H3,(H,27,29)(H2,30,31,32). The molecule has 11 nitrogen and oxygen atoms in total. The van der Waals surface area contributed by atoms with Crippen molar-refractivity contribution in [3.63, 3.8) is 0 Å². The Morgan fingerprint density at radius 1 is 1.11 bits per heavy atom. The van der Waals surface area contributed by atoms with Gasteiger partial charge in [-0.15, -0.1) is 0 Å². The lowest BCUT2D eigenvalue weighted by Gasteiger charge is -2.11. The highest BCUT2D eigenvalue weighted by Gasteiger charge is 2.18. The molecule has 4 aromatic rings. The van der Waals surface area contributed by atoms with Crippen molar-refractivity contribution < 1.29 is 33.1 Å². The average molecular weight is 510 g/mol. The maximum absolute atomic E-state index is 11.8. The summed E-state index contributed by atoms with van der Waals surface area (Å²) in [6.07, 6.45) is 6.07. The number of anilines is 1. The second-order valence-corrected chi connectivity index (χ2v) is 8.83. The van der Waals surface area contributed by atoms with Gasteiger partial charge >= 0.3 is 7.82 Å². The summed E-state index contributed by atoms with van der Waals surface area (Å²) in [6, 6.07) is 10.7. The first kappa shape index (κ1) is 25.1. The molecule has 0 aliphatic heterocycles. The Balaban J connectivity index is 1.87. The van der Waals surface area contributed by atoms with Crippen molar-refractivity contribution >= 4 is 30.5 Å². The number of amides is 1. The van der Waals surface area contributed by atoms with Crippen molar-refractivity contribution in [3.05, 3.63) is 67.6 Å². The van der Waals surface area contributed by atoms with Crippen molar-refractivity contribution in [1.82, 2.24) is 14.5 Å². The van der Waals surface area contributed by atoms with E-state index in [1.165, 1.54) is 24.9 Å². The molecule has 0 spiro atoms. The molecule has 3 heterocycles. The number of benzene rings is 1. The van der Waals surface area contributed by atoms with E-state index in [0.717, 1.165) is 16.7 Å². The van der Waals surface area contributed by atoms with Gasteiger partial charge in [0.1, 0.15) is 18.1 Å². The normalized spacial score (nSPS) is 11.3. The van der Waals surface area contributed by atoms with Crippen LogP contribution in [-0.4, -0.2) is 44.4 Å². The van der Waals surface area contributed by atoms with E-state index in [2.05, 4.69) is 21.9 Å². The van der Waals surface area contributed by atoms with Crippen LogP contribution in [0.2, 0.25) is 0 Å². The molecule has 4 rings (SSSR count). The number of phosphoric acid groups is 1. The number of methoxy groups -OCH3 is 2. The smallest absolute Gasteiger partial charge is 0.471 e. The maximum atomic E-state index is 11.8. The van der Waals surface area contributed by atoms with Gasteiger partial charge in [0, 0.05) is 52.9 Å². The number of carbonyl (C=O) groups is 1. The van der Waals surface area contributed by atoms with E-state index in [0.29, 0.717) is 33.9 Å². The summed E-state index contributed by atoms with van der Waals surface area (Å²) in [5, 5.41) is 3.42. The van der Waals surface area contributed by atoms with Crippen LogP contribution in [0.3, 0.4) is 0 Å². The SMILES string of the molecule is C=CC(=O)Nc1cc(OC)cc(-c2cnc3c(c2)c(-c2ccnc(OC)c2)cn3COP(=O)(O)O)c1. The Kier molecular flexibility index (Phi) is 7.18. The largest absolute Gasteiger partial charge is 0.497 e. The predicted octanol–water partition coefficient (Wildman–Crippen LogP) is 3.97. The molecule has 3 aromatic heterocycles. The topological polar surface area (TPSA) is 145 Å². The molecule has 0 saturated carbocycles. The second-order valence-electron chi connectivity index (χ2n) is 7.59. The minimum atomic E-state index is -4.71. The molecule has 0 aliphatic carbocycles. The van der Waals surface area contributed by atoms with E-state index >= 15 is 0 Å². The van der Waals surface area contributed by atoms with Gasteiger partial charge < -0.3 is 29.1 Å². The third-order valence-electron chi connectivity index (χ3n) is 5.26. The number of rotatable bonds is 9. The number of aromatic nitrogens is 3. The molecule has 0 saturated heterocycles. The third-order valence-corrected chi connectivity index (χ3v) is 5.71. The summed E-state index contributed by atoms with van der Waals surface area (Å²) in [5.41, 5.74) is 3.87. The number of nitrogens with one attached hydrogen (secondary N) is 1. The number of hydrogen-bond acceptors (Lipinski definition) is 7. The quantitative estimate of drug-likeness (QED) is 0.225. The van der Waals surface area contributed by atoms with Crippen molar-refractivity contribution in [2.45, 2.75) is 6.73 Å². The molecule has 186 valence electrons. The molecule has 1 amide bonds. The number of fused-ring (bicyclic) bond motifs is 1. The number of nitrogens with zero attached hydrogens (tertiary/aromatic N) is 3. The van der Waals surface area contributed by atoms with E-state index in [1.54, 1.807) is 48.9 Å². The average Bonchev–Trinajstić information content (AvgIpc) is 3.24. The molecule has 36 heavy (non-hydrogen) atoms. The van der Waals surface area contributed by atoms with Crippen LogP contribution >= 0.6 is 7.82 Å². The first-order valence-electron chi connectivity index (χ1n) is 10.5. The lowest BCUT2D eigenvalue weighted by molar-refractivity contribution is -0.111. The van der Waals surface area contributed by atoms with Crippen LogP contribution in [0.15, 0.2) is 67.6 Å². The van der Waals surface area contributed by atoms with Gasteiger partial charge in [-0.3, -0.25) is 9.32 Å². The molecule has 0 aliphatic rings. The molecular formula is C24H23N4O7P. The Hall–Kier alpha value is -4.02. The Bertz CT molecular complexity index is 1500. The minimum Gasteiger partial charge on any atom is -0.497 e. The first-order chi connectivity index (χ1) is 17.2. The third kappa shape index (κ3) is 5.61. The molecule has 0 bridgehead atoms. The van der Waals surface area contributed by atoms with Gasteiger partial charge in [0.25, 0.3) is 0 Å². The molecule has 3 N–H and O–H groups in total.